The number of rotatable bonds is 6. The van der Waals surface area contributed by atoms with Crippen molar-refractivity contribution in [2.75, 3.05) is 26.2 Å². The number of imide groups is 1. The van der Waals surface area contributed by atoms with E-state index in [0.29, 0.717) is 37.0 Å². The van der Waals surface area contributed by atoms with Crippen LogP contribution in [0.2, 0.25) is 0 Å². The summed E-state index contributed by atoms with van der Waals surface area (Å²) in [6.45, 7) is 7.54. The molecule has 0 radical (unpaired) electrons. The smallest absolute Gasteiger partial charge is 0.338 e. The molecule has 0 saturated carbocycles. The number of likely N-dealkylation sites (tertiary alicyclic amines) is 1. The Kier molecular flexibility index (Phi) is 6.35. The number of amides is 3. The quantitative estimate of drug-likeness (QED) is 0.542. The van der Waals surface area contributed by atoms with Gasteiger partial charge in [0.15, 0.2) is 6.61 Å². The molecule has 1 fully saturated rings. The zero-order chi connectivity index (χ0) is 21.1. The van der Waals surface area contributed by atoms with Crippen LogP contribution in [0.5, 0.6) is 0 Å². The van der Waals surface area contributed by atoms with Gasteiger partial charge in [-0.3, -0.25) is 19.3 Å². The second-order valence-electron chi connectivity index (χ2n) is 8.37. The maximum absolute atomic E-state index is 12.6. The first-order chi connectivity index (χ1) is 13.8. The summed E-state index contributed by atoms with van der Waals surface area (Å²) in [7, 11) is 0. The number of fused-ring (bicyclic) bond motifs is 1. The molecule has 0 spiro atoms. The molecule has 7 heteroatoms. The van der Waals surface area contributed by atoms with Crippen LogP contribution in [0.3, 0.4) is 0 Å². The van der Waals surface area contributed by atoms with Crippen LogP contribution < -0.4 is 0 Å². The van der Waals surface area contributed by atoms with E-state index in [2.05, 4.69) is 6.92 Å². The number of carbonyl (C=O) groups excluding carboxylic acids is 4. The zero-order valence-electron chi connectivity index (χ0n) is 17.3. The fraction of sp³-hybridized carbons (Fsp3) is 0.545. The van der Waals surface area contributed by atoms with Gasteiger partial charge >= 0.3 is 5.97 Å². The van der Waals surface area contributed by atoms with Crippen molar-refractivity contribution in [3.8, 4) is 0 Å². The number of hydrogen-bond donors (Lipinski definition) is 0. The van der Waals surface area contributed by atoms with Gasteiger partial charge in [-0.1, -0.05) is 20.8 Å². The molecule has 156 valence electrons. The van der Waals surface area contributed by atoms with Crippen LogP contribution in [0.1, 0.15) is 71.1 Å². The summed E-state index contributed by atoms with van der Waals surface area (Å²) >= 11 is 0. The third kappa shape index (κ3) is 4.66. The fourth-order valence-corrected chi connectivity index (χ4v) is 3.73. The summed E-state index contributed by atoms with van der Waals surface area (Å²) in [6.07, 6.45) is 2.77. The van der Waals surface area contributed by atoms with E-state index < -0.39 is 11.9 Å². The van der Waals surface area contributed by atoms with E-state index in [4.69, 9.17) is 4.74 Å². The molecule has 1 aromatic rings. The SMILES string of the molecule is CC(C)CCN1C(=O)c2ccc(C(=O)OCC(=O)N3CCC[C@@H](C)C3)cc2C1=O. The molecule has 2 aliphatic heterocycles. The summed E-state index contributed by atoms with van der Waals surface area (Å²) in [5, 5.41) is 0. The van der Waals surface area contributed by atoms with Gasteiger partial charge in [0.1, 0.15) is 0 Å². The Balaban J connectivity index is 1.63. The van der Waals surface area contributed by atoms with Crippen molar-refractivity contribution in [1.29, 1.82) is 0 Å². The maximum Gasteiger partial charge on any atom is 0.338 e. The number of piperidine rings is 1. The van der Waals surface area contributed by atoms with E-state index in [1.807, 2.05) is 13.8 Å². The maximum atomic E-state index is 12.6. The molecule has 0 unspecified atom stereocenters. The van der Waals surface area contributed by atoms with Gasteiger partial charge in [0.2, 0.25) is 0 Å². The number of ether oxygens (including phenoxy) is 1. The molecule has 1 atom stereocenters. The minimum atomic E-state index is -0.674. The number of esters is 1. The number of benzene rings is 1. The zero-order valence-corrected chi connectivity index (χ0v) is 17.3. The lowest BCUT2D eigenvalue weighted by atomic mass is 10.0. The van der Waals surface area contributed by atoms with Crippen LogP contribution in [0.15, 0.2) is 18.2 Å². The third-order valence-electron chi connectivity index (χ3n) is 5.47. The Hall–Kier alpha value is -2.70. The molecule has 1 saturated heterocycles. The number of carbonyl (C=O) groups is 4. The van der Waals surface area contributed by atoms with Crippen LogP contribution in [-0.4, -0.2) is 59.7 Å². The van der Waals surface area contributed by atoms with Gasteiger partial charge in [-0.15, -0.1) is 0 Å². The Morgan fingerprint density at radius 3 is 2.59 bits per heavy atom. The standard InChI is InChI=1S/C22H28N2O5/c1-14(2)8-10-24-20(26)17-7-6-16(11-18(17)21(24)27)22(28)29-13-19(25)23-9-4-5-15(3)12-23/h6-7,11,14-15H,4-5,8-10,12-13H2,1-3H3/t15-/m1/s1. The highest BCUT2D eigenvalue weighted by molar-refractivity contribution is 6.22. The summed E-state index contributed by atoms with van der Waals surface area (Å²) in [5.41, 5.74) is 0.675. The molecule has 3 amide bonds. The van der Waals surface area contributed by atoms with Crippen molar-refractivity contribution in [3.63, 3.8) is 0 Å². The molecule has 1 aromatic carbocycles. The molecule has 0 aliphatic carbocycles. The number of hydrogen-bond acceptors (Lipinski definition) is 5. The Bertz CT molecular complexity index is 832. The van der Waals surface area contributed by atoms with Crippen molar-refractivity contribution in [3.05, 3.63) is 34.9 Å². The molecule has 0 N–H and O–H groups in total. The minimum absolute atomic E-state index is 0.162. The molecule has 0 bridgehead atoms. The number of nitrogens with zero attached hydrogens (tertiary/aromatic N) is 2. The summed E-state index contributed by atoms with van der Waals surface area (Å²) in [6, 6.07) is 4.34. The van der Waals surface area contributed by atoms with Gasteiger partial charge < -0.3 is 9.64 Å². The largest absolute Gasteiger partial charge is 0.452 e. The van der Waals surface area contributed by atoms with E-state index in [9.17, 15) is 19.2 Å². The van der Waals surface area contributed by atoms with Crippen LogP contribution in [0, 0.1) is 11.8 Å². The average Bonchev–Trinajstić information content (AvgIpc) is 2.93. The van der Waals surface area contributed by atoms with Crippen LogP contribution >= 0.6 is 0 Å². The first-order valence-corrected chi connectivity index (χ1v) is 10.2. The van der Waals surface area contributed by atoms with E-state index in [-0.39, 0.29) is 29.5 Å². The minimum Gasteiger partial charge on any atom is -0.452 e. The van der Waals surface area contributed by atoms with E-state index in [1.54, 1.807) is 4.90 Å². The summed E-state index contributed by atoms with van der Waals surface area (Å²) in [5.74, 6) is -0.796. The molecular formula is C22H28N2O5. The topological polar surface area (TPSA) is 84.0 Å². The van der Waals surface area contributed by atoms with E-state index >= 15 is 0 Å². The molecule has 3 rings (SSSR count). The van der Waals surface area contributed by atoms with Gasteiger partial charge in [0, 0.05) is 19.6 Å². The molecule has 0 aromatic heterocycles. The van der Waals surface area contributed by atoms with Gasteiger partial charge in [-0.2, -0.15) is 0 Å². The van der Waals surface area contributed by atoms with E-state index in [0.717, 1.165) is 19.3 Å². The Morgan fingerprint density at radius 1 is 1.17 bits per heavy atom. The highest BCUT2D eigenvalue weighted by Crippen LogP contribution is 2.25. The lowest BCUT2D eigenvalue weighted by molar-refractivity contribution is -0.136. The van der Waals surface area contributed by atoms with Gasteiger partial charge in [0.25, 0.3) is 17.7 Å². The third-order valence-corrected chi connectivity index (χ3v) is 5.47. The van der Waals surface area contributed by atoms with Crippen LogP contribution in [-0.2, 0) is 9.53 Å². The molecule has 2 aliphatic rings. The second-order valence-corrected chi connectivity index (χ2v) is 8.37. The van der Waals surface area contributed by atoms with E-state index in [1.165, 1.54) is 23.1 Å². The second kappa shape index (κ2) is 8.76. The normalized spacial score (nSPS) is 19.0. The first kappa shape index (κ1) is 21.0. The Labute approximate surface area is 171 Å². The van der Waals surface area contributed by atoms with Crippen LogP contribution in [0.4, 0.5) is 0 Å². The lowest BCUT2D eigenvalue weighted by Gasteiger charge is -2.30. The van der Waals surface area contributed by atoms with Crippen molar-refractivity contribution in [1.82, 2.24) is 9.80 Å². The van der Waals surface area contributed by atoms with Gasteiger partial charge in [-0.05, 0) is 49.3 Å². The van der Waals surface area contributed by atoms with Gasteiger partial charge in [-0.25, -0.2) is 4.79 Å². The molecule has 29 heavy (non-hydrogen) atoms. The predicted molar refractivity (Wildman–Crippen MR) is 107 cm³/mol. The molecule has 2 heterocycles. The van der Waals surface area contributed by atoms with Crippen molar-refractivity contribution in [2.45, 2.75) is 40.0 Å². The van der Waals surface area contributed by atoms with Gasteiger partial charge in [0.05, 0.1) is 16.7 Å². The fourth-order valence-electron chi connectivity index (χ4n) is 3.73. The monoisotopic (exact) mass is 400 g/mol. The van der Waals surface area contributed by atoms with Crippen molar-refractivity contribution in [2.24, 2.45) is 11.8 Å². The summed E-state index contributed by atoms with van der Waals surface area (Å²) < 4.78 is 5.17. The highest BCUT2D eigenvalue weighted by atomic mass is 16.5. The Morgan fingerprint density at radius 2 is 1.90 bits per heavy atom. The van der Waals surface area contributed by atoms with Crippen molar-refractivity contribution < 1.29 is 23.9 Å². The summed E-state index contributed by atoms with van der Waals surface area (Å²) in [4.78, 5) is 52.6. The first-order valence-electron chi connectivity index (χ1n) is 10.2. The predicted octanol–water partition coefficient (Wildman–Crippen LogP) is 2.74. The molecule has 7 nitrogen and oxygen atoms in total. The van der Waals surface area contributed by atoms with Crippen LogP contribution in [0.25, 0.3) is 0 Å². The average molecular weight is 400 g/mol. The molecular weight excluding hydrogens is 372 g/mol. The van der Waals surface area contributed by atoms with Crippen molar-refractivity contribution >= 4 is 23.7 Å². The lowest BCUT2D eigenvalue weighted by Crippen LogP contribution is -2.41. The highest BCUT2D eigenvalue weighted by Gasteiger charge is 2.36.